The summed E-state index contributed by atoms with van der Waals surface area (Å²) >= 11 is 1.15. The van der Waals surface area contributed by atoms with Gasteiger partial charge in [-0.25, -0.2) is 0 Å². The van der Waals surface area contributed by atoms with Gasteiger partial charge in [-0.05, 0) is 19.1 Å². The van der Waals surface area contributed by atoms with Crippen LogP contribution in [0.5, 0.6) is 17.2 Å². The van der Waals surface area contributed by atoms with Gasteiger partial charge in [-0.3, -0.25) is 9.59 Å². The number of thiophene rings is 1. The summed E-state index contributed by atoms with van der Waals surface area (Å²) in [5.74, 6) is 0.961. The van der Waals surface area contributed by atoms with E-state index in [2.05, 4.69) is 5.32 Å². The normalized spacial score (nSPS) is 10.2. The monoisotopic (exact) mass is 378 g/mol. The van der Waals surface area contributed by atoms with Gasteiger partial charge in [0.2, 0.25) is 5.75 Å². The zero-order valence-electron chi connectivity index (χ0n) is 15.4. The van der Waals surface area contributed by atoms with Crippen LogP contribution in [-0.2, 0) is 0 Å². The molecule has 1 aromatic heterocycles. The van der Waals surface area contributed by atoms with E-state index >= 15 is 0 Å². The van der Waals surface area contributed by atoms with Crippen LogP contribution in [0, 0.1) is 0 Å². The predicted molar refractivity (Wildman–Crippen MR) is 101 cm³/mol. The largest absolute Gasteiger partial charge is 0.493 e. The second-order valence-corrected chi connectivity index (χ2v) is 6.26. The number of ether oxygens (including phenoxy) is 3. The van der Waals surface area contributed by atoms with Crippen molar-refractivity contribution in [3.05, 3.63) is 34.0 Å². The van der Waals surface area contributed by atoms with E-state index in [-0.39, 0.29) is 11.8 Å². The third-order valence-electron chi connectivity index (χ3n) is 3.79. The lowest BCUT2D eigenvalue weighted by Gasteiger charge is -2.23. The highest BCUT2D eigenvalue weighted by Gasteiger charge is 2.23. The fourth-order valence-electron chi connectivity index (χ4n) is 2.50. The molecule has 0 unspecified atom stereocenters. The molecule has 26 heavy (non-hydrogen) atoms. The fraction of sp³-hybridized carbons (Fsp3) is 0.333. The Kier molecular flexibility index (Phi) is 6.46. The van der Waals surface area contributed by atoms with Gasteiger partial charge in [0.05, 0.1) is 36.8 Å². The Morgan fingerprint density at radius 1 is 1.04 bits per heavy atom. The highest BCUT2D eigenvalue weighted by Crippen LogP contribution is 2.41. The minimum absolute atomic E-state index is 0.207. The highest BCUT2D eigenvalue weighted by atomic mass is 32.1. The summed E-state index contributed by atoms with van der Waals surface area (Å²) in [6.45, 7) is 2.30. The van der Waals surface area contributed by atoms with Crippen molar-refractivity contribution >= 4 is 28.8 Å². The van der Waals surface area contributed by atoms with Gasteiger partial charge >= 0.3 is 0 Å². The molecule has 0 aliphatic heterocycles. The first-order valence-corrected chi connectivity index (χ1v) is 8.76. The minimum atomic E-state index is -0.218. The number of amides is 2. The molecular formula is C18H22N2O5S. The van der Waals surface area contributed by atoms with Crippen molar-refractivity contribution in [2.75, 3.05) is 39.8 Å². The molecule has 0 aliphatic carbocycles. The van der Waals surface area contributed by atoms with Crippen molar-refractivity contribution in [2.45, 2.75) is 6.92 Å². The molecule has 0 saturated heterocycles. The number of carbonyl (C=O) groups is 2. The SMILES string of the molecule is CCN(C(=O)c1ccc(C(=O)NC)s1)c1cc(OC)c(OC)c(OC)c1. The molecule has 0 saturated carbocycles. The summed E-state index contributed by atoms with van der Waals surface area (Å²) in [5.41, 5.74) is 0.613. The lowest BCUT2D eigenvalue weighted by atomic mass is 10.2. The second-order valence-electron chi connectivity index (χ2n) is 5.18. The van der Waals surface area contributed by atoms with Crippen LogP contribution in [-0.4, -0.2) is 46.7 Å². The maximum Gasteiger partial charge on any atom is 0.268 e. The third kappa shape index (κ3) is 3.75. The summed E-state index contributed by atoms with van der Waals surface area (Å²) in [5, 5.41) is 2.55. The van der Waals surface area contributed by atoms with Gasteiger partial charge in [-0.1, -0.05) is 0 Å². The molecule has 1 N–H and O–H groups in total. The van der Waals surface area contributed by atoms with Gasteiger partial charge in [0.25, 0.3) is 11.8 Å². The summed E-state index contributed by atoms with van der Waals surface area (Å²) < 4.78 is 16.0. The standard InChI is InChI=1S/C18H22N2O5S/c1-6-20(18(22)15-8-7-14(26-15)17(21)19-2)11-9-12(23-3)16(25-5)13(10-11)24-4/h7-10H,6H2,1-5H3,(H,19,21). The topological polar surface area (TPSA) is 77.1 Å². The Morgan fingerprint density at radius 3 is 2.08 bits per heavy atom. The molecule has 2 aromatic rings. The Morgan fingerprint density at radius 2 is 1.62 bits per heavy atom. The molecule has 1 heterocycles. The first-order chi connectivity index (χ1) is 12.5. The number of hydrogen-bond donors (Lipinski definition) is 1. The first kappa shape index (κ1) is 19.6. The number of rotatable bonds is 7. The van der Waals surface area contributed by atoms with E-state index in [1.807, 2.05) is 6.92 Å². The van der Waals surface area contributed by atoms with Crippen LogP contribution in [0.3, 0.4) is 0 Å². The lowest BCUT2D eigenvalue weighted by Crippen LogP contribution is -2.30. The second kappa shape index (κ2) is 8.57. The number of carbonyl (C=O) groups excluding carboxylic acids is 2. The van der Waals surface area contributed by atoms with E-state index in [9.17, 15) is 9.59 Å². The molecule has 0 aliphatic rings. The number of nitrogens with one attached hydrogen (secondary N) is 1. The highest BCUT2D eigenvalue weighted by molar-refractivity contribution is 7.16. The van der Waals surface area contributed by atoms with Crippen LogP contribution >= 0.6 is 11.3 Å². The molecule has 0 spiro atoms. The Hall–Kier alpha value is -2.74. The molecule has 0 atom stereocenters. The average Bonchev–Trinajstić information content (AvgIpc) is 3.17. The molecule has 1 aromatic carbocycles. The van der Waals surface area contributed by atoms with E-state index in [1.54, 1.807) is 36.2 Å². The number of methoxy groups -OCH3 is 3. The number of nitrogens with zero attached hydrogens (tertiary/aromatic N) is 1. The van der Waals surface area contributed by atoms with E-state index < -0.39 is 0 Å². The van der Waals surface area contributed by atoms with Crippen molar-refractivity contribution in [2.24, 2.45) is 0 Å². The number of anilines is 1. The molecule has 140 valence electrons. The predicted octanol–water partition coefficient (Wildman–Crippen LogP) is 2.80. The quantitative estimate of drug-likeness (QED) is 0.802. The summed E-state index contributed by atoms with van der Waals surface area (Å²) in [6, 6.07) is 6.73. The van der Waals surface area contributed by atoms with Crippen molar-refractivity contribution in [1.82, 2.24) is 5.32 Å². The molecule has 2 amide bonds. The van der Waals surface area contributed by atoms with Crippen LogP contribution in [0.25, 0.3) is 0 Å². The molecule has 2 rings (SSSR count). The summed E-state index contributed by atoms with van der Waals surface area (Å²) in [4.78, 5) is 27.2. The Balaban J connectivity index is 2.42. The van der Waals surface area contributed by atoms with E-state index in [0.717, 1.165) is 11.3 Å². The number of hydrogen-bond acceptors (Lipinski definition) is 6. The van der Waals surface area contributed by atoms with Crippen LogP contribution in [0.1, 0.15) is 26.3 Å². The van der Waals surface area contributed by atoms with Gasteiger partial charge in [0, 0.05) is 25.7 Å². The third-order valence-corrected chi connectivity index (χ3v) is 4.86. The average molecular weight is 378 g/mol. The van der Waals surface area contributed by atoms with Gasteiger partial charge < -0.3 is 24.4 Å². The first-order valence-electron chi connectivity index (χ1n) is 7.94. The van der Waals surface area contributed by atoms with E-state index in [4.69, 9.17) is 14.2 Å². The van der Waals surface area contributed by atoms with Gasteiger partial charge in [0.15, 0.2) is 11.5 Å². The number of benzene rings is 1. The fourth-order valence-corrected chi connectivity index (χ4v) is 3.40. The van der Waals surface area contributed by atoms with Gasteiger partial charge in [-0.15, -0.1) is 11.3 Å². The lowest BCUT2D eigenvalue weighted by molar-refractivity contribution is 0.0965. The van der Waals surface area contributed by atoms with Crippen molar-refractivity contribution in [3.63, 3.8) is 0 Å². The van der Waals surface area contributed by atoms with E-state index in [1.165, 1.54) is 21.3 Å². The zero-order chi connectivity index (χ0) is 19.3. The summed E-state index contributed by atoms with van der Waals surface area (Å²) in [6.07, 6.45) is 0. The molecule has 0 radical (unpaired) electrons. The van der Waals surface area contributed by atoms with E-state index in [0.29, 0.717) is 39.2 Å². The molecule has 0 fully saturated rings. The van der Waals surface area contributed by atoms with Crippen molar-refractivity contribution in [3.8, 4) is 17.2 Å². The zero-order valence-corrected chi connectivity index (χ0v) is 16.2. The maximum absolute atomic E-state index is 12.9. The molecule has 8 heteroatoms. The Bertz CT molecular complexity index is 778. The van der Waals surface area contributed by atoms with Crippen LogP contribution < -0.4 is 24.4 Å². The molecule has 7 nitrogen and oxygen atoms in total. The van der Waals surface area contributed by atoms with Gasteiger partial charge in [0.1, 0.15) is 0 Å². The molecule has 0 bridgehead atoms. The van der Waals surface area contributed by atoms with Gasteiger partial charge in [-0.2, -0.15) is 0 Å². The maximum atomic E-state index is 12.9. The smallest absolute Gasteiger partial charge is 0.268 e. The van der Waals surface area contributed by atoms with Crippen molar-refractivity contribution < 1.29 is 23.8 Å². The minimum Gasteiger partial charge on any atom is -0.493 e. The van der Waals surface area contributed by atoms with Crippen LogP contribution in [0.15, 0.2) is 24.3 Å². The summed E-state index contributed by atoms with van der Waals surface area (Å²) in [7, 11) is 6.12. The van der Waals surface area contributed by atoms with Crippen LogP contribution in [0.4, 0.5) is 5.69 Å². The Labute approximate surface area is 156 Å². The molecular weight excluding hydrogens is 356 g/mol. The van der Waals surface area contributed by atoms with Crippen LogP contribution in [0.2, 0.25) is 0 Å². The van der Waals surface area contributed by atoms with Crippen molar-refractivity contribution in [1.29, 1.82) is 0 Å².